The standard InChI is InChI=1S/C28H35N3O3.2ClH/c1-18(2)26(30-27(34)21-12-20-8-9-24(33)14-25(20)29-15-21)17-31-11-10-28(4,19(3)16-31)22-6-5-7-23(32)13-22;;/h5-9,12-15,18-19,26,32-33H,10-11,16-17H2,1-4H3,(H,30,34);2*1H/t19-,26+,28+;;/m0../s1. The quantitative estimate of drug-likeness (QED) is 0.387. The minimum atomic E-state index is -0.129. The van der Waals surface area contributed by atoms with Gasteiger partial charge in [0.25, 0.3) is 5.91 Å². The van der Waals surface area contributed by atoms with Crippen molar-refractivity contribution in [2.75, 3.05) is 19.6 Å². The Morgan fingerprint density at radius 2 is 1.86 bits per heavy atom. The lowest BCUT2D eigenvalue weighted by molar-refractivity contribution is 0.0815. The molecule has 0 spiro atoms. The molecule has 36 heavy (non-hydrogen) atoms. The highest BCUT2D eigenvalue weighted by Crippen LogP contribution is 2.40. The SMILES string of the molecule is CC(C)[C@@H](CN1CC[C@@](C)(c2cccc(O)c2)[C@@H](C)C1)NC(=O)c1cnc2cc(O)ccc2c1.Cl.Cl. The number of phenolic OH excluding ortho intramolecular Hbond substituents is 2. The van der Waals surface area contributed by atoms with E-state index in [2.05, 4.69) is 49.0 Å². The molecule has 0 aliphatic carbocycles. The summed E-state index contributed by atoms with van der Waals surface area (Å²) in [7, 11) is 0. The summed E-state index contributed by atoms with van der Waals surface area (Å²) in [5, 5.41) is 23.6. The van der Waals surface area contributed by atoms with Crippen LogP contribution in [-0.2, 0) is 5.41 Å². The van der Waals surface area contributed by atoms with Crippen LogP contribution in [0.1, 0.15) is 50.0 Å². The number of likely N-dealkylation sites (tertiary alicyclic amines) is 1. The van der Waals surface area contributed by atoms with Gasteiger partial charge in [0.05, 0.1) is 11.1 Å². The number of pyridine rings is 1. The van der Waals surface area contributed by atoms with E-state index in [0.29, 0.717) is 22.7 Å². The fourth-order valence-electron chi connectivity index (χ4n) is 4.96. The molecule has 3 atom stereocenters. The van der Waals surface area contributed by atoms with Crippen LogP contribution in [0.25, 0.3) is 10.9 Å². The number of nitrogens with zero attached hydrogens (tertiary/aromatic N) is 2. The van der Waals surface area contributed by atoms with Crippen molar-refractivity contribution in [3.63, 3.8) is 0 Å². The molecule has 3 aromatic rings. The van der Waals surface area contributed by atoms with Gasteiger partial charge in [0.1, 0.15) is 11.5 Å². The molecule has 0 radical (unpaired) electrons. The van der Waals surface area contributed by atoms with Gasteiger partial charge in [-0.25, -0.2) is 0 Å². The Bertz CT molecular complexity index is 1190. The Kier molecular flexibility index (Phi) is 10.0. The van der Waals surface area contributed by atoms with Gasteiger partial charge in [0.15, 0.2) is 0 Å². The van der Waals surface area contributed by atoms with E-state index < -0.39 is 0 Å². The van der Waals surface area contributed by atoms with Gasteiger partial charge in [-0.15, -0.1) is 24.8 Å². The molecule has 4 rings (SSSR count). The number of halogens is 2. The molecule has 196 valence electrons. The molecule has 3 N–H and O–H groups in total. The zero-order valence-electron chi connectivity index (χ0n) is 21.3. The Morgan fingerprint density at radius 3 is 2.53 bits per heavy atom. The predicted octanol–water partition coefficient (Wildman–Crippen LogP) is 5.54. The van der Waals surface area contributed by atoms with E-state index >= 15 is 0 Å². The molecule has 0 unspecified atom stereocenters. The molecule has 1 aliphatic heterocycles. The van der Waals surface area contributed by atoms with Crippen LogP contribution in [0.5, 0.6) is 11.5 Å². The van der Waals surface area contributed by atoms with E-state index in [1.54, 1.807) is 30.5 Å². The minimum Gasteiger partial charge on any atom is -0.508 e. The highest BCUT2D eigenvalue weighted by atomic mass is 35.5. The number of phenols is 2. The molecule has 1 aromatic heterocycles. The van der Waals surface area contributed by atoms with E-state index in [0.717, 1.165) is 31.4 Å². The molecular weight excluding hydrogens is 497 g/mol. The summed E-state index contributed by atoms with van der Waals surface area (Å²) in [5.41, 5.74) is 2.38. The van der Waals surface area contributed by atoms with Crippen molar-refractivity contribution in [2.24, 2.45) is 11.8 Å². The zero-order valence-corrected chi connectivity index (χ0v) is 22.9. The van der Waals surface area contributed by atoms with Gasteiger partial charge in [-0.05, 0) is 66.1 Å². The number of benzene rings is 2. The van der Waals surface area contributed by atoms with Crippen molar-refractivity contribution < 1.29 is 15.0 Å². The fraction of sp³-hybridized carbons (Fsp3) is 0.429. The van der Waals surface area contributed by atoms with Gasteiger partial charge in [0.2, 0.25) is 0 Å². The van der Waals surface area contributed by atoms with Crippen LogP contribution in [0, 0.1) is 11.8 Å². The molecule has 2 aromatic carbocycles. The third-order valence-corrected chi connectivity index (χ3v) is 7.58. The summed E-state index contributed by atoms with van der Waals surface area (Å²) in [6.45, 7) is 11.5. The van der Waals surface area contributed by atoms with E-state index in [9.17, 15) is 15.0 Å². The third kappa shape index (κ3) is 6.41. The van der Waals surface area contributed by atoms with Crippen LogP contribution in [-0.4, -0.2) is 51.7 Å². The molecule has 2 heterocycles. The van der Waals surface area contributed by atoms with Crippen molar-refractivity contribution in [1.29, 1.82) is 0 Å². The first kappa shape index (κ1) is 29.7. The average molecular weight is 535 g/mol. The van der Waals surface area contributed by atoms with Gasteiger partial charge in [-0.2, -0.15) is 0 Å². The highest BCUT2D eigenvalue weighted by molar-refractivity contribution is 5.97. The average Bonchev–Trinajstić information content (AvgIpc) is 2.80. The van der Waals surface area contributed by atoms with Crippen LogP contribution < -0.4 is 5.32 Å². The van der Waals surface area contributed by atoms with Gasteiger partial charge < -0.3 is 20.4 Å². The monoisotopic (exact) mass is 533 g/mol. The number of amides is 1. The molecule has 0 saturated carbocycles. The second kappa shape index (κ2) is 12.1. The molecule has 6 nitrogen and oxygen atoms in total. The summed E-state index contributed by atoms with van der Waals surface area (Å²) >= 11 is 0. The first-order valence-corrected chi connectivity index (χ1v) is 12.1. The normalized spacial score (nSPS) is 20.9. The Hall–Kier alpha value is -2.54. The van der Waals surface area contributed by atoms with Gasteiger partial charge in [-0.3, -0.25) is 9.78 Å². The molecule has 0 bridgehead atoms. The Morgan fingerprint density at radius 1 is 1.14 bits per heavy atom. The van der Waals surface area contributed by atoms with Gasteiger partial charge in [0, 0.05) is 36.8 Å². The number of piperidine rings is 1. The fourth-order valence-corrected chi connectivity index (χ4v) is 4.96. The van der Waals surface area contributed by atoms with Crippen LogP contribution in [0.15, 0.2) is 54.7 Å². The largest absolute Gasteiger partial charge is 0.508 e. The van der Waals surface area contributed by atoms with Crippen molar-refractivity contribution in [1.82, 2.24) is 15.2 Å². The Labute approximate surface area is 225 Å². The number of carbonyl (C=O) groups excluding carboxylic acids is 1. The predicted molar refractivity (Wildman–Crippen MR) is 150 cm³/mol. The highest BCUT2D eigenvalue weighted by Gasteiger charge is 2.38. The van der Waals surface area contributed by atoms with E-state index in [4.69, 9.17) is 0 Å². The van der Waals surface area contributed by atoms with Crippen LogP contribution >= 0.6 is 24.8 Å². The molecule has 1 amide bonds. The van der Waals surface area contributed by atoms with Crippen molar-refractivity contribution >= 4 is 41.6 Å². The summed E-state index contributed by atoms with van der Waals surface area (Å²) in [6.07, 6.45) is 2.57. The number of carbonyl (C=O) groups is 1. The smallest absolute Gasteiger partial charge is 0.253 e. The number of hydrogen-bond acceptors (Lipinski definition) is 5. The Balaban J connectivity index is 0.00000228. The van der Waals surface area contributed by atoms with E-state index in [-0.39, 0.29) is 53.8 Å². The molecule has 1 aliphatic rings. The summed E-state index contributed by atoms with van der Waals surface area (Å²) < 4.78 is 0. The van der Waals surface area contributed by atoms with Crippen LogP contribution in [0.2, 0.25) is 0 Å². The molecule has 8 heteroatoms. The summed E-state index contributed by atoms with van der Waals surface area (Å²) in [5.74, 6) is 1.04. The first-order chi connectivity index (χ1) is 16.2. The molecule has 1 saturated heterocycles. The van der Waals surface area contributed by atoms with Crippen molar-refractivity contribution in [3.8, 4) is 11.5 Å². The van der Waals surface area contributed by atoms with E-state index in [1.807, 2.05) is 18.2 Å². The number of aromatic hydroxyl groups is 2. The number of hydrogen-bond donors (Lipinski definition) is 3. The summed E-state index contributed by atoms with van der Waals surface area (Å²) in [4.78, 5) is 19.8. The number of nitrogens with one attached hydrogen (secondary N) is 1. The number of aromatic nitrogens is 1. The van der Waals surface area contributed by atoms with Crippen LogP contribution in [0.4, 0.5) is 0 Å². The molecule has 1 fully saturated rings. The topological polar surface area (TPSA) is 85.7 Å². The number of rotatable bonds is 6. The van der Waals surface area contributed by atoms with Crippen molar-refractivity contribution in [3.05, 3.63) is 65.9 Å². The lowest BCUT2D eigenvalue weighted by Gasteiger charge is -2.46. The number of fused-ring (bicyclic) bond motifs is 1. The van der Waals surface area contributed by atoms with E-state index in [1.165, 1.54) is 5.56 Å². The maximum atomic E-state index is 13.1. The minimum absolute atomic E-state index is 0. The maximum absolute atomic E-state index is 13.1. The van der Waals surface area contributed by atoms with Crippen molar-refractivity contribution in [2.45, 2.75) is 45.6 Å². The maximum Gasteiger partial charge on any atom is 0.253 e. The zero-order chi connectivity index (χ0) is 24.5. The van der Waals surface area contributed by atoms with Gasteiger partial charge in [-0.1, -0.05) is 39.8 Å². The van der Waals surface area contributed by atoms with Crippen LogP contribution in [0.3, 0.4) is 0 Å². The second-order valence-corrected chi connectivity index (χ2v) is 10.3. The summed E-state index contributed by atoms with van der Waals surface area (Å²) in [6, 6.07) is 14.4. The molecular formula is C28H37Cl2N3O3. The lowest BCUT2D eigenvalue weighted by Crippen LogP contribution is -2.53. The second-order valence-electron chi connectivity index (χ2n) is 10.3. The van der Waals surface area contributed by atoms with Gasteiger partial charge >= 0.3 is 0 Å². The third-order valence-electron chi connectivity index (χ3n) is 7.58. The lowest BCUT2D eigenvalue weighted by atomic mass is 9.68. The first-order valence-electron chi connectivity index (χ1n) is 12.1.